The second-order valence-electron chi connectivity index (χ2n) is 5.07. The molecule has 0 fully saturated rings. The van der Waals surface area contributed by atoms with Crippen LogP contribution in [0.15, 0.2) is 22.8 Å². The third kappa shape index (κ3) is 5.89. The van der Waals surface area contributed by atoms with E-state index in [2.05, 4.69) is 38.0 Å². The van der Waals surface area contributed by atoms with Gasteiger partial charge in [0, 0.05) is 18.5 Å². The van der Waals surface area contributed by atoms with E-state index in [1.165, 1.54) is 6.42 Å². The molecule has 98 valence electrons. The van der Waals surface area contributed by atoms with E-state index in [0.29, 0.717) is 12.1 Å². The molecule has 1 aromatic heterocycles. The third-order valence-corrected chi connectivity index (χ3v) is 3.15. The quantitative estimate of drug-likeness (QED) is 0.705. The van der Waals surface area contributed by atoms with Crippen LogP contribution in [0, 0.1) is 0 Å². The van der Waals surface area contributed by atoms with Gasteiger partial charge >= 0.3 is 0 Å². The van der Waals surface area contributed by atoms with Crippen molar-refractivity contribution in [2.45, 2.75) is 45.7 Å². The van der Waals surface area contributed by atoms with Crippen LogP contribution in [0.1, 0.15) is 33.0 Å². The van der Waals surface area contributed by atoms with E-state index in [4.69, 9.17) is 4.42 Å². The highest BCUT2D eigenvalue weighted by atomic mass is 16.3. The molecule has 3 heteroatoms. The molecule has 0 aliphatic carbocycles. The molecule has 17 heavy (non-hydrogen) atoms. The Kier molecular flexibility index (Phi) is 6.30. The Hall–Kier alpha value is -0.800. The minimum atomic E-state index is 0.477. The maximum atomic E-state index is 5.33. The summed E-state index contributed by atoms with van der Waals surface area (Å²) >= 11 is 0. The molecule has 0 aliphatic rings. The van der Waals surface area contributed by atoms with Crippen molar-refractivity contribution in [3.05, 3.63) is 24.2 Å². The predicted octanol–water partition coefficient (Wildman–Crippen LogP) is 2.53. The summed E-state index contributed by atoms with van der Waals surface area (Å²) < 4.78 is 5.33. The third-order valence-electron chi connectivity index (χ3n) is 3.15. The van der Waals surface area contributed by atoms with Gasteiger partial charge in [-0.3, -0.25) is 0 Å². The minimum Gasteiger partial charge on any atom is -0.469 e. The van der Waals surface area contributed by atoms with Crippen molar-refractivity contribution in [3.8, 4) is 0 Å². The average molecular weight is 238 g/mol. The van der Waals surface area contributed by atoms with Crippen molar-refractivity contribution in [1.82, 2.24) is 10.2 Å². The minimum absolute atomic E-state index is 0.477. The summed E-state index contributed by atoms with van der Waals surface area (Å²) in [7, 11) is 2.18. The van der Waals surface area contributed by atoms with Gasteiger partial charge < -0.3 is 14.6 Å². The Morgan fingerprint density at radius 2 is 2.12 bits per heavy atom. The number of furan rings is 1. The largest absolute Gasteiger partial charge is 0.469 e. The highest BCUT2D eigenvalue weighted by molar-refractivity contribution is 4.99. The molecule has 0 saturated carbocycles. The summed E-state index contributed by atoms with van der Waals surface area (Å²) in [4.78, 5) is 2.37. The first-order chi connectivity index (χ1) is 8.09. The molecule has 1 rings (SSSR count). The highest BCUT2D eigenvalue weighted by Gasteiger charge is 2.05. The summed E-state index contributed by atoms with van der Waals surface area (Å²) in [6.07, 6.45) is 3.89. The summed E-state index contributed by atoms with van der Waals surface area (Å²) in [5, 5.41) is 3.53. The van der Waals surface area contributed by atoms with Crippen molar-refractivity contribution in [3.63, 3.8) is 0 Å². The van der Waals surface area contributed by atoms with Crippen molar-refractivity contribution in [1.29, 1.82) is 0 Å². The molecular weight excluding hydrogens is 212 g/mol. The summed E-state index contributed by atoms with van der Waals surface area (Å²) in [6.45, 7) is 8.88. The number of rotatable bonds is 8. The number of hydrogen-bond donors (Lipinski definition) is 1. The van der Waals surface area contributed by atoms with Gasteiger partial charge in [0.15, 0.2) is 0 Å². The summed E-state index contributed by atoms with van der Waals surface area (Å²) in [6, 6.07) is 5.09. The van der Waals surface area contributed by atoms with Crippen LogP contribution in [0.2, 0.25) is 0 Å². The normalized spacial score (nSPS) is 13.5. The van der Waals surface area contributed by atoms with E-state index in [1.54, 1.807) is 6.26 Å². The lowest BCUT2D eigenvalue weighted by Crippen LogP contribution is -2.33. The zero-order valence-corrected chi connectivity index (χ0v) is 11.6. The van der Waals surface area contributed by atoms with E-state index >= 15 is 0 Å². The number of hydrogen-bond acceptors (Lipinski definition) is 3. The van der Waals surface area contributed by atoms with Crippen LogP contribution in [-0.2, 0) is 6.42 Å². The van der Waals surface area contributed by atoms with Gasteiger partial charge in [0.1, 0.15) is 5.76 Å². The van der Waals surface area contributed by atoms with E-state index < -0.39 is 0 Å². The maximum absolute atomic E-state index is 5.33. The standard InChI is InChI=1S/C14H26N2O/c1-12(2)16(4)9-6-8-15-13(3)11-14-7-5-10-17-14/h5,7,10,12-13,15H,6,8-9,11H2,1-4H3. The van der Waals surface area contributed by atoms with E-state index in [0.717, 1.165) is 25.3 Å². The second-order valence-corrected chi connectivity index (χ2v) is 5.07. The fourth-order valence-corrected chi connectivity index (χ4v) is 1.74. The molecule has 1 N–H and O–H groups in total. The first-order valence-electron chi connectivity index (χ1n) is 6.55. The molecule has 1 heterocycles. The van der Waals surface area contributed by atoms with E-state index in [9.17, 15) is 0 Å². The fourth-order valence-electron chi connectivity index (χ4n) is 1.74. The Morgan fingerprint density at radius 3 is 2.71 bits per heavy atom. The average Bonchev–Trinajstić information content (AvgIpc) is 2.76. The van der Waals surface area contributed by atoms with Crippen LogP contribution in [0.3, 0.4) is 0 Å². The Bertz CT molecular complexity index is 282. The van der Waals surface area contributed by atoms with Gasteiger partial charge in [0.2, 0.25) is 0 Å². The molecular formula is C14H26N2O. The first kappa shape index (κ1) is 14.3. The van der Waals surface area contributed by atoms with Crippen molar-refractivity contribution in [2.75, 3.05) is 20.1 Å². The first-order valence-corrected chi connectivity index (χ1v) is 6.55. The molecule has 0 spiro atoms. The van der Waals surface area contributed by atoms with Gasteiger partial charge in [-0.15, -0.1) is 0 Å². The molecule has 0 saturated heterocycles. The van der Waals surface area contributed by atoms with Gasteiger partial charge in [0.05, 0.1) is 6.26 Å². The van der Waals surface area contributed by atoms with Crippen LogP contribution in [0.25, 0.3) is 0 Å². The Morgan fingerprint density at radius 1 is 1.35 bits per heavy atom. The van der Waals surface area contributed by atoms with Gasteiger partial charge in [-0.2, -0.15) is 0 Å². The van der Waals surface area contributed by atoms with Gasteiger partial charge in [-0.05, 0) is 59.5 Å². The Balaban J connectivity index is 2.06. The molecule has 0 aromatic carbocycles. The van der Waals surface area contributed by atoms with E-state index in [1.807, 2.05) is 12.1 Å². The molecule has 0 bridgehead atoms. The molecule has 0 amide bonds. The lowest BCUT2D eigenvalue weighted by atomic mass is 10.2. The molecule has 1 unspecified atom stereocenters. The smallest absolute Gasteiger partial charge is 0.105 e. The SMILES string of the molecule is CC(Cc1ccco1)NCCCN(C)C(C)C. The lowest BCUT2D eigenvalue weighted by molar-refractivity contribution is 0.268. The van der Waals surface area contributed by atoms with Gasteiger partial charge in [0.25, 0.3) is 0 Å². The Labute approximate surface area is 105 Å². The molecule has 1 atom stereocenters. The van der Waals surface area contributed by atoms with Crippen LogP contribution in [0.5, 0.6) is 0 Å². The number of nitrogens with zero attached hydrogens (tertiary/aromatic N) is 1. The predicted molar refractivity (Wildman–Crippen MR) is 72.3 cm³/mol. The maximum Gasteiger partial charge on any atom is 0.105 e. The lowest BCUT2D eigenvalue weighted by Gasteiger charge is -2.21. The molecule has 0 aliphatic heterocycles. The number of nitrogens with one attached hydrogen (secondary N) is 1. The summed E-state index contributed by atoms with van der Waals surface area (Å²) in [5.41, 5.74) is 0. The zero-order chi connectivity index (χ0) is 12.7. The monoisotopic (exact) mass is 238 g/mol. The second kappa shape index (κ2) is 7.51. The fraction of sp³-hybridized carbons (Fsp3) is 0.714. The van der Waals surface area contributed by atoms with Crippen LogP contribution in [-0.4, -0.2) is 37.1 Å². The summed E-state index contributed by atoms with van der Waals surface area (Å²) in [5.74, 6) is 1.06. The van der Waals surface area contributed by atoms with Crippen LogP contribution < -0.4 is 5.32 Å². The van der Waals surface area contributed by atoms with E-state index in [-0.39, 0.29) is 0 Å². The molecule has 3 nitrogen and oxygen atoms in total. The van der Waals surface area contributed by atoms with Gasteiger partial charge in [-0.1, -0.05) is 0 Å². The molecule has 1 aromatic rings. The van der Waals surface area contributed by atoms with Crippen molar-refractivity contribution in [2.24, 2.45) is 0 Å². The van der Waals surface area contributed by atoms with Crippen LogP contribution in [0.4, 0.5) is 0 Å². The topological polar surface area (TPSA) is 28.4 Å². The van der Waals surface area contributed by atoms with Crippen LogP contribution >= 0.6 is 0 Å². The van der Waals surface area contributed by atoms with Gasteiger partial charge in [-0.25, -0.2) is 0 Å². The van der Waals surface area contributed by atoms with Crippen molar-refractivity contribution < 1.29 is 4.42 Å². The zero-order valence-electron chi connectivity index (χ0n) is 11.6. The van der Waals surface area contributed by atoms with Crippen molar-refractivity contribution >= 4 is 0 Å². The highest BCUT2D eigenvalue weighted by Crippen LogP contribution is 2.03. The molecule has 0 radical (unpaired) electrons.